The highest BCUT2D eigenvalue weighted by Gasteiger charge is 2.15. The number of rotatable bonds is 3. The Morgan fingerprint density at radius 3 is 2.58 bits per heavy atom. The molecule has 3 rings (SSSR count). The van der Waals surface area contributed by atoms with E-state index in [1.54, 1.807) is 23.0 Å². The van der Waals surface area contributed by atoms with E-state index >= 15 is 0 Å². The fourth-order valence-electron chi connectivity index (χ4n) is 2.48. The SMILES string of the molecule is Fc1ccc(-n2cc(OC3CCCCC3)cn2)cc1. The van der Waals surface area contributed by atoms with E-state index in [-0.39, 0.29) is 5.82 Å². The van der Waals surface area contributed by atoms with E-state index in [4.69, 9.17) is 4.74 Å². The highest BCUT2D eigenvalue weighted by molar-refractivity contribution is 5.32. The molecule has 3 nitrogen and oxygen atoms in total. The smallest absolute Gasteiger partial charge is 0.158 e. The van der Waals surface area contributed by atoms with Gasteiger partial charge in [-0.05, 0) is 49.9 Å². The van der Waals surface area contributed by atoms with Gasteiger partial charge < -0.3 is 4.74 Å². The summed E-state index contributed by atoms with van der Waals surface area (Å²) in [7, 11) is 0. The molecule has 1 aliphatic carbocycles. The molecular formula is C15H17FN2O. The van der Waals surface area contributed by atoms with Crippen LogP contribution in [0.15, 0.2) is 36.7 Å². The van der Waals surface area contributed by atoms with Gasteiger partial charge in [0.25, 0.3) is 0 Å². The van der Waals surface area contributed by atoms with E-state index in [0.29, 0.717) is 6.10 Å². The van der Waals surface area contributed by atoms with Crippen LogP contribution in [-0.4, -0.2) is 15.9 Å². The van der Waals surface area contributed by atoms with Gasteiger partial charge in [-0.2, -0.15) is 5.10 Å². The van der Waals surface area contributed by atoms with Gasteiger partial charge in [0.1, 0.15) is 5.82 Å². The second-order valence-electron chi connectivity index (χ2n) is 4.97. The third kappa shape index (κ3) is 2.95. The Labute approximate surface area is 112 Å². The number of benzene rings is 1. The molecule has 4 heteroatoms. The summed E-state index contributed by atoms with van der Waals surface area (Å²) in [6.07, 6.45) is 9.95. The second kappa shape index (κ2) is 5.43. The van der Waals surface area contributed by atoms with E-state index in [0.717, 1.165) is 24.3 Å². The molecule has 0 N–H and O–H groups in total. The predicted molar refractivity (Wildman–Crippen MR) is 71.0 cm³/mol. The van der Waals surface area contributed by atoms with Gasteiger partial charge in [0.2, 0.25) is 0 Å². The van der Waals surface area contributed by atoms with Gasteiger partial charge in [0, 0.05) is 0 Å². The normalized spacial score (nSPS) is 16.5. The van der Waals surface area contributed by atoms with Crippen LogP contribution < -0.4 is 4.74 Å². The summed E-state index contributed by atoms with van der Waals surface area (Å²) < 4.78 is 20.5. The molecule has 0 bridgehead atoms. The maximum absolute atomic E-state index is 12.9. The average Bonchev–Trinajstić information content (AvgIpc) is 2.89. The van der Waals surface area contributed by atoms with Gasteiger partial charge in [-0.1, -0.05) is 6.42 Å². The van der Waals surface area contributed by atoms with E-state index in [2.05, 4.69) is 5.10 Å². The molecule has 100 valence electrons. The Morgan fingerprint density at radius 1 is 1.11 bits per heavy atom. The van der Waals surface area contributed by atoms with Crippen LogP contribution in [0.2, 0.25) is 0 Å². The minimum absolute atomic E-state index is 0.241. The summed E-state index contributed by atoms with van der Waals surface area (Å²) in [4.78, 5) is 0. The third-order valence-corrected chi connectivity index (χ3v) is 3.51. The highest BCUT2D eigenvalue weighted by atomic mass is 19.1. The average molecular weight is 260 g/mol. The lowest BCUT2D eigenvalue weighted by molar-refractivity contribution is 0.155. The monoisotopic (exact) mass is 260 g/mol. The molecule has 1 fully saturated rings. The molecule has 0 amide bonds. The summed E-state index contributed by atoms with van der Waals surface area (Å²) in [5, 5.41) is 4.25. The molecule has 1 aliphatic rings. The number of halogens is 1. The molecule has 1 heterocycles. The van der Waals surface area contributed by atoms with Crippen molar-refractivity contribution in [3.63, 3.8) is 0 Å². The zero-order valence-corrected chi connectivity index (χ0v) is 10.8. The maximum atomic E-state index is 12.9. The first-order valence-corrected chi connectivity index (χ1v) is 6.78. The van der Waals surface area contributed by atoms with Crippen LogP contribution in [0.3, 0.4) is 0 Å². The summed E-state index contributed by atoms with van der Waals surface area (Å²) in [5.41, 5.74) is 0.833. The molecule has 0 aliphatic heterocycles. The van der Waals surface area contributed by atoms with Crippen molar-refractivity contribution < 1.29 is 9.13 Å². The summed E-state index contributed by atoms with van der Waals surface area (Å²) in [6.45, 7) is 0. The van der Waals surface area contributed by atoms with Crippen LogP contribution in [-0.2, 0) is 0 Å². The Balaban J connectivity index is 1.70. The van der Waals surface area contributed by atoms with Gasteiger partial charge >= 0.3 is 0 Å². The standard InChI is InChI=1S/C15H17FN2O/c16-12-6-8-13(9-7-12)18-11-15(10-17-18)19-14-4-2-1-3-5-14/h6-11,14H,1-5H2. The highest BCUT2D eigenvalue weighted by Crippen LogP contribution is 2.23. The fraction of sp³-hybridized carbons (Fsp3) is 0.400. The van der Waals surface area contributed by atoms with Crippen LogP contribution in [0.1, 0.15) is 32.1 Å². The number of nitrogens with zero attached hydrogens (tertiary/aromatic N) is 2. The van der Waals surface area contributed by atoms with E-state index < -0.39 is 0 Å². The molecule has 0 saturated heterocycles. The molecular weight excluding hydrogens is 243 g/mol. The fourth-order valence-corrected chi connectivity index (χ4v) is 2.48. The van der Waals surface area contributed by atoms with Crippen molar-refractivity contribution in [2.45, 2.75) is 38.2 Å². The zero-order chi connectivity index (χ0) is 13.1. The summed E-state index contributed by atoms with van der Waals surface area (Å²) in [5.74, 6) is 0.547. The van der Waals surface area contributed by atoms with Crippen molar-refractivity contribution in [2.24, 2.45) is 0 Å². The van der Waals surface area contributed by atoms with Gasteiger partial charge in [0.05, 0.1) is 24.2 Å². The van der Waals surface area contributed by atoms with Crippen LogP contribution in [0, 0.1) is 5.82 Å². The third-order valence-electron chi connectivity index (χ3n) is 3.51. The molecule has 0 radical (unpaired) electrons. The minimum atomic E-state index is -0.241. The zero-order valence-electron chi connectivity index (χ0n) is 10.8. The molecule has 1 aromatic heterocycles. The molecule has 1 saturated carbocycles. The molecule has 0 spiro atoms. The number of hydrogen-bond acceptors (Lipinski definition) is 2. The number of hydrogen-bond donors (Lipinski definition) is 0. The molecule has 19 heavy (non-hydrogen) atoms. The van der Waals surface area contributed by atoms with Crippen molar-refractivity contribution in [2.75, 3.05) is 0 Å². The lowest BCUT2D eigenvalue weighted by Gasteiger charge is -2.21. The molecule has 1 aromatic carbocycles. The van der Waals surface area contributed by atoms with Gasteiger partial charge in [0.15, 0.2) is 5.75 Å². The first kappa shape index (κ1) is 12.2. The maximum Gasteiger partial charge on any atom is 0.158 e. The molecule has 0 atom stereocenters. The van der Waals surface area contributed by atoms with E-state index in [9.17, 15) is 4.39 Å². The van der Waals surface area contributed by atoms with Gasteiger partial charge in [-0.25, -0.2) is 9.07 Å². The predicted octanol–water partition coefficient (Wildman–Crippen LogP) is 3.72. The van der Waals surface area contributed by atoms with E-state index in [1.165, 1.54) is 31.4 Å². The van der Waals surface area contributed by atoms with Crippen molar-refractivity contribution in [3.8, 4) is 11.4 Å². The largest absolute Gasteiger partial charge is 0.487 e. The van der Waals surface area contributed by atoms with Crippen molar-refractivity contribution in [1.29, 1.82) is 0 Å². The van der Waals surface area contributed by atoms with Crippen molar-refractivity contribution in [1.82, 2.24) is 9.78 Å². The Morgan fingerprint density at radius 2 is 1.84 bits per heavy atom. The first-order valence-electron chi connectivity index (χ1n) is 6.78. The van der Waals surface area contributed by atoms with Gasteiger partial charge in [-0.3, -0.25) is 0 Å². The second-order valence-corrected chi connectivity index (χ2v) is 4.97. The minimum Gasteiger partial charge on any atom is -0.487 e. The number of ether oxygens (including phenoxy) is 1. The van der Waals surface area contributed by atoms with Crippen molar-refractivity contribution in [3.05, 3.63) is 42.5 Å². The van der Waals surface area contributed by atoms with Crippen LogP contribution in [0.4, 0.5) is 4.39 Å². The van der Waals surface area contributed by atoms with E-state index in [1.807, 2.05) is 6.20 Å². The van der Waals surface area contributed by atoms with Gasteiger partial charge in [-0.15, -0.1) is 0 Å². The molecule has 2 aromatic rings. The van der Waals surface area contributed by atoms with Crippen LogP contribution in [0.25, 0.3) is 5.69 Å². The first-order chi connectivity index (χ1) is 9.31. The Hall–Kier alpha value is -1.84. The number of aromatic nitrogens is 2. The lowest BCUT2D eigenvalue weighted by atomic mass is 9.98. The topological polar surface area (TPSA) is 27.1 Å². The summed E-state index contributed by atoms with van der Waals surface area (Å²) in [6, 6.07) is 6.26. The lowest BCUT2D eigenvalue weighted by Crippen LogP contribution is -2.19. The Kier molecular flexibility index (Phi) is 3.49. The molecule has 0 unspecified atom stereocenters. The van der Waals surface area contributed by atoms with Crippen molar-refractivity contribution >= 4 is 0 Å². The summed E-state index contributed by atoms with van der Waals surface area (Å²) >= 11 is 0. The van der Waals surface area contributed by atoms with Crippen LogP contribution >= 0.6 is 0 Å². The quantitative estimate of drug-likeness (QED) is 0.841. The Bertz CT molecular complexity index is 529. The van der Waals surface area contributed by atoms with Crippen LogP contribution in [0.5, 0.6) is 5.75 Å².